The number of hydrogen-bond acceptors (Lipinski definition) is 5. The standard InChI is InChI=1S/C18H28ClN3O2/c19-16-3-1-14(2-4-16)12-24-13-17(23)11-22-9-6-15(7-10-22)18-5-8-20-21-18/h1-4,15,17-18,20-21,23H,5-13H2. The van der Waals surface area contributed by atoms with E-state index >= 15 is 0 Å². The lowest BCUT2D eigenvalue weighted by molar-refractivity contribution is 0.00350. The molecule has 24 heavy (non-hydrogen) atoms. The first-order valence-corrected chi connectivity index (χ1v) is 9.29. The Kier molecular flexibility index (Phi) is 6.89. The minimum atomic E-state index is -0.430. The Labute approximate surface area is 149 Å². The molecule has 0 bridgehead atoms. The Bertz CT molecular complexity index is 486. The number of β-amino-alcohol motifs (C(OH)–C–C–N with tert-alkyl or cyclic N) is 1. The number of nitrogens with one attached hydrogen (secondary N) is 2. The van der Waals surface area contributed by atoms with Crippen LogP contribution in [0.25, 0.3) is 0 Å². The summed E-state index contributed by atoms with van der Waals surface area (Å²) < 4.78 is 5.63. The number of ether oxygens (including phenoxy) is 1. The minimum Gasteiger partial charge on any atom is -0.389 e. The minimum absolute atomic E-state index is 0.372. The van der Waals surface area contributed by atoms with Crippen molar-refractivity contribution in [3.63, 3.8) is 0 Å². The highest BCUT2D eigenvalue weighted by Gasteiger charge is 2.28. The van der Waals surface area contributed by atoms with Crippen LogP contribution in [0, 0.1) is 5.92 Å². The van der Waals surface area contributed by atoms with Crippen LogP contribution in [0.3, 0.4) is 0 Å². The first-order valence-electron chi connectivity index (χ1n) is 8.91. The second-order valence-corrected chi connectivity index (χ2v) is 7.34. The molecule has 2 unspecified atom stereocenters. The summed E-state index contributed by atoms with van der Waals surface area (Å²) in [6.45, 7) is 4.79. The monoisotopic (exact) mass is 353 g/mol. The summed E-state index contributed by atoms with van der Waals surface area (Å²) in [5.74, 6) is 0.759. The van der Waals surface area contributed by atoms with Crippen molar-refractivity contribution in [2.24, 2.45) is 5.92 Å². The third-order valence-electron chi connectivity index (χ3n) is 5.03. The fourth-order valence-corrected chi connectivity index (χ4v) is 3.76. The molecule has 0 aliphatic carbocycles. The predicted molar refractivity (Wildman–Crippen MR) is 95.8 cm³/mol. The van der Waals surface area contributed by atoms with Gasteiger partial charge in [0, 0.05) is 24.2 Å². The molecular weight excluding hydrogens is 326 g/mol. The second-order valence-electron chi connectivity index (χ2n) is 6.90. The van der Waals surface area contributed by atoms with E-state index in [0.717, 1.165) is 36.1 Å². The lowest BCUT2D eigenvalue weighted by atomic mass is 9.88. The summed E-state index contributed by atoms with van der Waals surface area (Å²) in [6, 6.07) is 8.24. The molecule has 0 spiro atoms. The van der Waals surface area contributed by atoms with Crippen LogP contribution in [0.2, 0.25) is 5.02 Å². The van der Waals surface area contributed by atoms with Gasteiger partial charge in [0.1, 0.15) is 0 Å². The SMILES string of the molecule is OC(COCc1ccc(Cl)cc1)CN1CCC(C2CCNN2)CC1. The van der Waals surface area contributed by atoms with Crippen molar-refractivity contribution in [1.82, 2.24) is 15.8 Å². The van der Waals surface area contributed by atoms with Crippen molar-refractivity contribution >= 4 is 11.6 Å². The van der Waals surface area contributed by atoms with Gasteiger partial charge in [-0.25, -0.2) is 0 Å². The van der Waals surface area contributed by atoms with Gasteiger partial charge in [-0.05, 0) is 56.0 Å². The molecule has 0 amide bonds. The lowest BCUT2D eigenvalue weighted by Crippen LogP contribution is -2.45. The van der Waals surface area contributed by atoms with Gasteiger partial charge in [-0.2, -0.15) is 0 Å². The molecule has 1 aromatic rings. The second kappa shape index (κ2) is 9.13. The number of aliphatic hydroxyl groups is 1. The summed E-state index contributed by atoms with van der Waals surface area (Å²) >= 11 is 5.86. The van der Waals surface area contributed by atoms with E-state index < -0.39 is 6.10 Å². The molecule has 3 rings (SSSR count). The largest absolute Gasteiger partial charge is 0.389 e. The summed E-state index contributed by atoms with van der Waals surface area (Å²) in [5, 5.41) is 10.9. The van der Waals surface area contributed by atoms with Crippen molar-refractivity contribution in [3.05, 3.63) is 34.9 Å². The number of halogens is 1. The van der Waals surface area contributed by atoms with Crippen LogP contribution in [0.4, 0.5) is 0 Å². The molecule has 0 radical (unpaired) electrons. The molecule has 2 fully saturated rings. The van der Waals surface area contributed by atoms with Gasteiger partial charge >= 0.3 is 0 Å². The smallest absolute Gasteiger partial charge is 0.0900 e. The molecule has 3 N–H and O–H groups in total. The van der Waals surface area contributed by atoms with Crippen LogP contribution >= 0.6 is 11.6 Å². The maximum absolute atomic E-state index is 10.2. The number of rotatable bonds is 7. The van der Waals surface area contributed by atoms with Gasteiger partial charge in [0.05, 0.1) is 19.3 Å². The molecule has 134 valence electrons. The Hall–Kier alpha value is -0.690. The van der Waals surface area contributed by atoms with Crippen LogP contribution in [-0.2, 0) is 11.3 Å². The van der Waals surface area contributed by atoms with Gasteiger partial charge in [-0.3, -0.25) is 10.9 Å². The predicted octanol–water partition coefficient (Wildman–Crippen LogP) is 1.80. The zero-order chi connectivity index (χ0) is 16.8. The van der Waals surface area contributed by atoms with E-state index in [1.165, 1.54) is 19.3 Å². The van der Waals surface area contributed by atoms with Gasteiger partial charge in [0.2, 0.25) is 0 Å². The maximum Gasteiger partial charge on any atom is 0.0900 e. The Morgan fingerprint density at radius 2 is 1.96 bits per heavy atom. The van der Waals surface area contributed by atoms with E-state index in [1.807, 2.05) is 24.3 Å². The van der Waals surface area contributed by atoms with Gasteiger partial charge < -0.3 is 14.7 Å². The van der Waals surface area contributed by atoms with Crippen molar-refractivity contribution in [2.75, 3.05) is 32.8 Å². The molecule has 1 aromatic carbocycles. The Balaban J connectivity index is 1.30. The van der Waals surface area contributed by atoms with E-state index in [2.05, 4.69) is 15.8 Å². The summed E-state index contributed by atoms with van der Waals surface area (Å²) in [6.07, 6.45) is 3.21. The molecule has 2 heterocycles. The highest BCUT2D eigenvalue weighted by Crippen LogP contribution is 2.23. The fraction of sp³-hybridized carbons (Fsp3) is 0.667. The average Bonchev–Trinajstić information content (AvgIpc) is 3.12. The number of piperidine rings is 1. The zero-order valence-electron chi connectivity index (χ0n) is 14.1. The number of benzene rings is 1. The van der Waals surface area contributed by atoms with Crippen LogP contribution in [-0.4, -0.2) is 54.9 Å². The lowest BCUT2D eigenvalue weighted by Gasteiger charge is -2.35. The first kappa shape index (κ1) is 18.1. The van der Waals surface area contributed by atoms with Crippen molar-refractivity contribution in [3.8, 4) is 0 Å². The molecule has 0 aromatic heterocycles. The van der Waals surface area contributed by atoms with E-state index in [0.29, 0.717) is 25.8 Å². The van der Waals surface area contributed by atoms with E-state index in [4.69, 9.17) is 16.3 Å². The quantitative estimate of drug-likeness (QED) is 0.698. The summed E-state index contributed by atoms with van der Waals surface area (Å²) in [5.41, 5.74) is 7.68. The Morgan fingerprint density at radius 1 is 1.21 bits per heavy atom. The number of hydrazine groups is 1. The van der Waals surface area contributed by atoms with Gasteiger partial charge in [0.15, 0.2) is 0 Å². The Morgan fingerprint density at radius 3 is 2.62 bits per heavy atom. The zero-order valence-corrected chi connectivity index (χ0v) is 14.8. The molecule has 2 aliphatic rings. The number of nitrogens with zero attached hydrogens (tertiary/aromatic N) is 1. The molecule has 2 atom stereocenters. The van der Waals surface area contributed by atoms with Crippen LogP contribution < -0.4 is 10.9 Å². The van der Waals surface area contributed by atoms with Crippen LogP contribution in [0.15, 0.2) is 24.3 Å². The summed E-state index contributed by atoms with van der Waals surface area (Å²) in [4.78, 5) is 2.36. The van der Waals surface area contributed by atoms with E-state index in [9.17, 15) is 5.11 Å². The highest BCUT2D eigenvalue weighted by molar-refractivity contribution is 6.30. The third-order valence-corrected chi connectivity index (χ3v) is 5.28. The number of hydrogen-bond donors (Lipinski definition) is 3. The van der Waals surface area contributed by atoms with Crippen molar-refractivity contribution in [1.29, 1.82) is 0 Å². The van der Waals surface area contributed by atoms with E-state index in [-0.39, 0.29) is 0 Å². The molecular formula is C18H28ClN3O2. The number of likely N-dealkylation sites (tertiary alicyclic amines) is 1. The maximum atomic E-state index is 10.2. The molecule has 5 nitrogen and oxygen atoms in total. The highest BCUT2D eigenvalue weighted by atomic mass is 35.5. The topological polar surface area (TPSA) is 56.8 Å². The average molecular weight is 354 g/mol. The van der Waals surface area contributed by atoms with Gasteiger partial charge in [0.25, 0.3) is 0 Å². The summed E-state index contributed by atoms with van der Waals surface area (Å²) in [7, 11) is 0. The normalized spacial score (nSPS) is 24.3. The van der Waals surface area contributed by atoms with Gasteiger partial charge in [-0.15, -0.1) is 0 Å². The van der Waals surface area contributed by atoms with Crippen LogP contribution in [0.5, 0.6) is 0 Å². The fourth-order valence-electron chi connectivity index (χ4n) is 3.64. The van der Waals surface area contributed by atoms with E-state index in [1.54, 1.807) is 0 Å². The third kappa shape index (κ3) is 5.41. The first-order chi connectivity index (χ1) is 11.7. The van der Waals surface area contributed by atoms with Crippen molar-refractivity contribution in [2.45, 2.75) is 38.0 Å². The molecule has 0 saturated carbocycles. The van der Waals surface area contributed by atoms with Gasteiger partial charge in [-0.1, -0.05) is 23.7 Å². The molecule has 6 heteroatoms. The molecule has 2 saturated heterocycles. The van der Waals surface area contributed by atoms with Crippen molar-refractivity contribution < 1.29 is 9.84 Å². The molecule has 2 aliphatic heterocycles. The number of aliphatic hydroxyl groups excluding tert-OH is 1. The van der Waals surface area contributed by atoms with Crippen LogP contribution in [0.1, 0.15) is 24.8 Å².